The van der Waals surface area contributed by atoms with E-state index in [-0.39, 0.29) is 31.8 Å². The number of fused-ring (bicyclic) bond motifs is 1. The van der Waals surface area contributed by atoms with Crippen molar-refractivity contribution in [2.75, 3.05) is 26.2 Å². The Morgan fingerprint density at radius 1 is 1.05 bits per heavy atom. The van der Waals surface area contributed by atoms with Crippen molar-refractivity contribution in [2.45, 2.75) is 71.8 Å². The Balaban J connectivity index is 1.75. The molecule has 2 aromatic rings. The number of nitrogens with zero attached hydrogens (tertiary/aromatic N) is 1. The molecule has 8 nitrogen and oxygen atoms in total. The summed E-state index contributed by atoms with van der Waals surface area (Å²) in [6.45, 7) is 10.2. The largest absolute Gasteiger partial charge is 0.390 e. The van der Waals surface area contributed by atoms with Gasteiger partial charge in [0, 0.05) is 31.3 Å². The third kappa shape index (κ3) is 8.73. The first kappa shape index (κ1) is 30.5. The van der Waals surface area contributed by atoms with E-state index in [0.717, 1.165) is 22.9 Å². The van der Waals surface area contributed by atoms with Gasteiger partial charge in [-0.25, -0.2) is 4.39 Å². The number of alkyl halides is 1. The Labute approximate surface area is 230 Å². The molecule has 4 N–H and O–H groups in total. The van der Waals surface area contributed by atoms with Crippen molar-refractivity contribution in [3.05, 3.63) is 48.0 Å². The van der Waals surface area contributed by atoms with Gasteiger partial charge in [-0.2, -0.15) is 0 Å². The van der Waals surface area contributed by atoms with E-state index >= 15 is 0 Å². The van der Waals surface area contributed by atoms with E-state index in [1.54, 1.807) is 20.8 Å². The molecule has 1 saturated heterocycles. The van der Waals surface area contributed by atoms with Gasteiger partial charge in [-0.15, -0.1) is 0 Å². The number of rotatable bonds is 11. The highest BCUT2D eigenvalue weighted by Crippen LogP contribution is 2.27. The molecule has 9 heteroatoms. The number of likely N-dealkylation sites (tertiary alicyclic amines) is 1. The smallest absolute Gasteiger partial charge is 0.243 e. The quantitative estimate of drug-likeness (QED) is 0.349. The highest BCUT2D eigenvalue weighted by molar-refractivity contribution is 5.94. The molecule has 3 rings (SSSR count). The molecule has 0 radical (unpaired) electrons. The van der Waals surface area contributed by atoms with Gasteiger partial charge >= 0.3 is 0 Å². The van der Waals surface area contributed by atoms with Crippen LogP contribution in [0.15, 0.2) is 42.5 Å². The van der Waals surface area contributed by atoms with Crippen LogP contribution >= 0.6 is 0 Å². The molecule has 1 aliphatic rings. The monoisotopic (exact) mass is 542 g/mol. The molecule has 1 aliphatic heterocycles. The van der Waals surface area contributed by atoms with Crippen molar-refractivity contribution < 1.29 is 23.9 Å². The molecular weight excluding hydrogens is 499 g/mol. The molecule has 0 spiro atoms. The van der Waals surface area contributed by atoms with E-state index in [9.17, 15) is 23.9 Å². The summed E-state index contributed by atoms with van der Waals surface area (Å²) in [4.78, 5) is 40.9. The lowest BCUT2D eigenvalue weighted by Gasteiger charge is -2.31. The maximum absolute atomic E-state index is 14.4. The molecule has 4 atom stereocenters. The summed E-state index contributed by atoms with van der Waals surface area (Å²) in [5, 5.41) is 21.0. The fraction of sp³-hybridized carbons (Fsp3) is 0.567. The zero-order valence-corrected chi connectivity index (χ0v) is 23.7. The minimum atomic E-state index is -1.31. The van der Waals surface area contributed by atoms with Crippen LogP contribution < -0.4 is 16.0 Å². The minimum Gasteiger partial charge on any atom is -0.390 e. The fourth-order valence-electron chi connectivity index (χ4n) is 4.72. The van der Waals surface area contributed by atoms with E-state index in [2.05, 4.69) is 29.8 Å². The predicted octanol–water partition coefficient (Wildman–Crippen LogP) is 2.57. The molecule has 3 amide bonds. The molecule has 214 valence electrons. The average Bonchev–Trinajstić information content (AvgIpc) is 3.27. The number of aliphatic hydroxyl groups excluding tert-OH is 1. The van der Waals surface area contributed by atoms with Gasteiger partial charge in [0.1, 0.15) is 18.3 Å². The number of aliphatic hydroxyl groups is 1. The first-order chi connectivity index (χ1) is 18.3. The lowest BCUT2D eigenvalue weighted by Crippen LogP contribution is -2.55. The number of hydrogen-bond acceptors (Lipinski definition) is 5. The molecule has 0 saturated carbocycles. The Hall–Kier alpha value is -3.04. The number of hydrogen-bond donors (Lipinski definition) is 4. The Bertz CT molecular complexity index is 1150. The summed E-state index contributed by atoms with van der Waals surface area (Å²) >= 11 is 0. The van der Waals surface area contributed by atoms with E-state index < -0.39 is 41.6 Å². The van der Waals surface area contributed by atoms with Crippen molar-refractivity contribution in [3.63, 3.8) is 0 Å². The van der Waals surface area contributed by atoms with Gasteiger partial charge in [0.15, 0.2) is 0 Å². The van der Waals surface area contributed by atoms with Gasteiger partial charge in [0.2, 0.25) is 17.7 Å². The van der Waals surface area contributed by atoms with Crippen LogP contribution in [0.1, 0.15) is 46.6 Å². The van der Waals surface area contributed by atoms with Gasteiger partial charge < -0.3 is 26.0 Å². The third-order valence-electron chi connectivity index (χ3n) is 6.79. The number of carbonyl (C=O) groups is 3. The van der Waals surface area contributed by atoms with Crippen LogP contribution in [0.25, 0.3) is 10.8 Å². The van der Waals surface area contributed by atoms with Crippen molar-refractivity contribution in [1.29, 1.82) is 0 Å². The summed E-state index contributed by atoms with van der Waals surface area (Å²) in [5.74, 6) is -0.899. The summed E-state index contributed by atoms with van der Waals surface area (Å²) in [7, 11) is 0. The lowest BCUT2D eigenvalue weighted by molar-refractivity contribution is -0.145. The van der Waals surface area contributed by atoms with Crippen LogP contribution in [-0.4, -0.2) is 78.3 Å². The van der Waals surface area contributed by atoms with Crippen LogP contribution in [0, 0.1) is 11.3 Å². The zero-order chi connectivity index (χ0) is 28.7. The summed E-state index contributed by atoms with van der Waals surface area (Å²) in [5.41, 5.74) is 0.0650. The van der Waals surface area contributed by atoms with E-state index in [4.69, 9.17) is 0 Å². The second kappa shape index (κ2) is 13.3. The molecule has 2 aromatic carbocycles. The zero-order valence-electron chi connectivity index (χ0n) is 23.7. The van der Waals surface area contributed by atoms with Crippen molar-refractivity contribution in [1.82, 2.24) is 20.9 Å². The lowest BCUT2D eigenvalue weighted by atomic mass is 9.94. The van der Waals surface area contributed by atoms with Crippen molar-refractivity contribution in [3.8, 4) is 0 Å². The molecule has 0 bridgehead atoms. The molecule has 1 fully saturated rings. The van der Waals surface area contributed by atoms with Crippen LogP contribution in [0.3, 0.4) is 0 Å². The van der Waals surface area contributed by atoms with Gasteiger partial charge in [-0.1, -0.05) is 77.1 Å². The molecule has 2 unspecified atom stereocenters. The number of carbonyl (C=O) groups excluding carboxylic acids is 3. The second-order valence-corrected chi connectivity index (χ2v) is 12.0. The Morgan fingerprint density at radius 3 is 2.41 bits per heavy atom. The summed E-state index contributed by atoms with van der Waals surface area (Å²) in [6, 6.07) is 11.7. The maximum atomic E-state index is 14.4. The van der Waals surface area contributed by atoms with Crippen molar-refractivity contribution in [2.24, 2.45) is 11.3 Å². The Kier molecular flexibility index (Phi) is 10.4. The van der Waals surface area contributed by atoms with Gasteiger partial charge in [-0.05, 0) is 28.8 Å². The first-order valence-corrected chi connectivity index (χ1v) is 13.7. The fourth-order valence-corrected chi connectivity index (χ4v) is 4.72. The normalized spacial score (nSPS) is 19.2. The number of amides is 3. The molecular formula is C30H43FN4O4. The third-order valence-corrected chi connectivity index (χ3v) is 6.79. The standard InChI is InChI=1S/C30H43FN4O4/c1-19(2)15-32-16-24(36)17-33-27(37)25(13-20-10-11-21-8-6-7-9-22(21)12-20)34-28(38)26-14-23(31)18-35(26)29(39)30(3,4)5/h6-12,19,23-26,32,36H,13-18H2,1-5H3,(H,33,37)(H,34,38)/t23-,24?,25+,26?/m0/s1. The van der Waals surface area contributed by atoms with Gasteiger partial charge in [0.25, 0.3) is 0 Å². The number of benzene rings is 2. The predicted molar refractivity (Wildman–Crippen MR) is 151 cm³/mol. The summed E-state index contributed by atoms with van der Waals surface area (Å²) < 4.78 is 14.4. The maximum Gasteiger partial charge on any atom is 0.243 e. The van der Waals surface area contributed by atoms with Crippen LogP contribution in [0.5, 0.6) is 0 Å². The van der Waals surface area contributed by atoms with Crippen LogP contribution in [0.4, 0.5) is 4.39 Å². The first-order valence-electron chi connectivity index (χ1n) is 13.7. The number of halogens is 1. The molecule has 1 heterocycles. The average molecular weight is 543 g/mol. The van der Waals surface area contributed by atoms with Crippen molar-refractivity contribution >= 4 is 28.5 Å². The van der Waals surface area contributed by atoms with Crippen LogP contribution in [-0.2, 0) is 20.8 Å². The topological polar surface area (TPSA) is 111 Å². The van der Waals surface area contributed by atoms with E-state index in [0.29, 0.717) is 12.5 Å². The Morgan fingerprint density at radius 2 is 1.74 bits per heavy atom. The second-order valence-electron chi connectivity index (χ2n) is 12.0. The van der Waals surface area contributed by atoms with Gasteiger partial charge in [-0.3, -0.25) is 14.4 Å². The number of nitrogens with one attached hydrogen (secondary N) is 3. The minimum absolute atomic E-state index is 0.0125. The molecule has 0 aromatic heterocycles. The highest BCUT2D eigenvalue weighted by Gasteiger charge is 2.43. The summed E-state index contributed by atoms with van der Waals surface area (Å²) in [6.07, 6.45) is -2.03. The van der Waals surface area contributed by atoms with E-state index in [1.165, 1.54) is 4.90 Å². The molecule has 39 heavy (non-hydrogen) atoms. The SMILES string of the molecule is CC(C)CNCC(O)CNC(=O)[C@@H](Cc1ccc2ccccc2c1)NC(=O)C1C[C@H](F)CN1C(=O)C(C)(C)C. The highest BCUT2D eigenvalue weighted by atomic mass is 19.1. The van der Waals surface area contributed by atoms with E-state index in [1.807, 2.05) is 42.5 Å². The van der Waals surface area contributed by atoms with Gasteiger partial charge in [0.05, 0.1) is 12.6 Å². The molecule has 0 aliphatic carbocycles. The van der Waals surface area contributed by atoms with Crippen LogP contribution in [0.2, 0.25) is 0 Å².